The van der Waals surface area contributed by atoms with Crippen molar-refractivity contribution in [1.29, 1.82) is 0 Å². The van der Waals surface area contributed by atoms with Crippen molar-refractivity contribution >= 4 is 53.9 Å². The quantitative estimate of drug-likeness (QED) is 0.170. The van der Waals surface area contributed by atoms with Gasteiger partial charge in [-0.05, 0) is 140 Å². The first-order valence-corrected chi connectivity index (χ1v) is 17.4. The Kier molecular flexibility index (Phi) is 5.76. The lowest BCUT2D eigenvalue weighted by atomic mass is 9.85. The van der Waals surface area contributed by atoms with Gasteiger partial charge in [0.2, 0.25) is 0 Å². The summed E-state index contributed by atoms with van der Waals surface area (Å²) in [6.45, 7) is 0. The third-order valence-corrected chi connectivity index (χ3v) is 10.9. The molecule has 0 atom stereocenters. The van der Waals surface area contributed by atoms with E-state index in [2.05, 4.69) is 182 Å². The van der Waals surface area contributed by atoms with Gasteiger partial charge < -0.3 is 0 Å². The van der Waals surface area contributed by atoms with Crippen LogP contribution in [0.15, 0.2) is 182 Å². The van der Waals surface area contributed by atoms with Crippen molar-refractivity contribution in [2.45, 2.75) is 0 Å². The molecule has 230 valence electrons. The fraction of sp³-hybridized carbons (Fsp3) is 0. The molecule has 0 aromatic heterocycles. The van der Waals surface area contributed by atoms with Crippen molar-refractivity contribution in [2.75, 3.05) is 0 Å². The summed E-state index contributed by atoms with van der Waals surface area (Å²) >= 11 is 0. The molecule has 1 aliphatic rings. The summed E-state index contributed by atoms with van der Waals surface area (Å²) in [6, 6.07) is 67.6. The molecule has 11 rings (SSSR count). The van der Waals surface area contributed by atoms with Crippen LogP contribution in [0.25, 0.3) is 109 Å². The first-order valence-electron chi connectivity index (χ1n) is 17.4. The van der Waals surface area contributed by atoms with E-state index in [1.807, 2.05) is 0 Å². The number of hydrogen-bond acceptors (Lipinski definition) is 0. The number of rotatable bonds is 3. The normalized spacial score (nSPS) is 12.0. The lowest BCUT2D eigenvalue weighted by molar-refractivity contribution is 1.66. The number of hydrogen-bond donors (Lipinski definition) is 0. The van der Waals surface area contributed by atoms with Crippen LogP contribution in [-0.2, 0) is 0 Å². The molecule has 0 radical (unpaired) electrons. The largest absolute Gasteiger partial charge is 0.0616 e. The van der Waals surface area contributed by atoms with E-state index in [1.165, 1.54) is 109 Å². The van der Waals surface area contributed by atoms with Gasteiger partial charge in [-0.1, -0.05) is 152 Å². The topological polar surface area (TPSA) is 0 Å². The predicted molar refractivity (Wildman–Crippen MR) is 215 cm³/mol. The van der Waals surface area contributed by atoms with Crippen molar-refractivity contribution in [3.8, 4) is 55.6 Å². The van der Waals surface area contributed by atoms with Crippen LogP contribution in [0.2, 0.25) is 0 Å². The smallest absolute Gasteiger partial charge is 0.00259 e. The molecule has 0 spiro atoms. The Bertz CT molecular complexity index is 2980. The SMILES string of the molecule is c1ccc2c(c1)-c1cccc3cc(-c4ccc5cc(-c6c7ccccc7c(-c7ccc8ccccc8c7)c7ccccc67)ccc5c4)cc-2c13. The lowest BCUT2D eigenvalue weighted by Crippen LogP contribution is -1.91. The van der Waals surface area contributed by atoms with E-state index in [4.69, 9.17) is 0 Å². The van der Waals surface area contributed by atoms with Gasteiger partial charge in [0, 0.05) is 0 Å². The van der Waals surface area contributed by atoms with Crippen molar-refractivity contribution < 1.29 is 0 Å². The van der Waals surface area contributed by atoms with Crippen LogP contribution in [0.1, 0.15) is 0 Å². The van der Waals surface area contributed by atoms with Crippen LogP contribution in [0.3, 0.4) is 0 Å². The summed E-state index contributed by atoms with van der Waals surface area (Å²) in [7, 11) is 0. The molecule has 10 aromatic carbocycles. The summed E-state index contributed by atoms with van der Waals surface area (Å²) < 4.78 is 0. The fourth-order valence-corrected chi connectivity index (χ4v) is 8.66. The van der Waals surface area contributed by atoms with Gasteiger partial charge in [0.05, 0.1) is 0 Å². The predicted octanol–water partition coefficient (Wildman–Crippen LogP) is 14.1. The van der Waals surface area contributed by atoms with Crippen LogP contribution in [0, 0.1) is 0 Å². The van der Waals surface area contributed by atoms with Crippen LogP contribution in [0.4, 0.5) is 0 Å². The fourth-order valence-electron chi connectivity index (χ4n) is 8.66. The first-order chi connectivity index (χ1) is 24.8. The van der Waals surface area contributed by atoms with Crippen molar-refractivity contribution in [2.24, 2.45) is 0 Å². The molecule has 0 amide bonds. The van der Waals surface area contributed by atoms with Gasteiger partial charge in [-0.3, -0.25) is 0 Å². The number of benzene rings is 10. The van der Waals surface area contributed by atoms with Crippen LogP contribution < -0.4 is 0 Å². The minimum Gasteiger partial charge on any atom is -0.0616 e. The third kappa shape index (κ3) is 4.00. The molecule has 0 heterocycles. The summed E-state index contributed by atoms with van der Waals surface area (Å²) in [5.41, 5.74) is 12.9. The zero-order valence-electron chi connectivity index (χ0n) is 27.3. The third-order valence-electron chi connectivity index (χ3n) is 10.9. The van der Waals surface area contributed by atoms with Gasteiger partial charge in [-0.25, -0.2) is 0 Å². The second kappa shape index (κ2) is 10.5. The van der Waals surface area contributed by atoms with Gasteiger partial charge in [0.25, 0.3) is 0 Å². The second-order valence-electron chi connectivity index (χ2n) is 13.7. The Morgan fingerprint density at radius 2 is 0.640 bits per heavy atom. The van der Waals surface area contributed by atoms with Gasteiger partial charge >= 0.3 is 0 Å². The zero-order chi connectivity index (χ0) is 32.8. The molecule has 0 unspecified atom stereocenters. The minimum absolute atomic E-state index is 1.24. The molecule has 0 bridgehead atoms. The van der Waals surface area contributed by atoms with E-state index in [1.54, 1.807) is 0 Å². The molecule has 0 heteroatoms. The summed E-state index contributed by atoms with van der Waals surface area (Å²) in [5, 5.41) is 12.8. The second-order valence-corrected chi connectivity index (χ2v) is 13.7. The Labute approximate surface area is 290 Å². The molecule has 0 saturated heterocycles. The molecule has 10 aromatic rings. The highest BCUT2D eigenvalue weighted by molar-refractivity contribution is 6.22. The Morgan fingerprint density at radius 1 is 0.220 bits per heavy atom. The summed E-state index contributed by atoms with van der Waals surface area (Å²) in [4.78, 5) is 0. The van der Waals surface area contributed by atoms with Crippen LogP contribution >= 0.6 is 0 Å². The summed E-state index contributed by atoms with van der Waals surface area (Å²) in [5.74, 6) is 0. The molecule has 0 nitrogen and oxygen atoms in total. The van der Waals surface area contributed by atoms with Gasteiger partial charge in [-0.15, -0.1) is 0 Å². The molecule has 0 N–H and O–H groups in total. The zero-order valence-corrected chi connectivity index (χ0v) is 27.3. The van der Waals surface area contributed by atoms with E-state index >= 15 is 0 Å². The Hall–Kier alpha value is -6.50. The van der Waals surface area contributed by atoms with Gasteiger partial charge in [-0.2, -0.15) is 0 Å². The molecule has 0 fully saturated rings. The van der Waals surface area contributed by atoms with Gasteiger partial charge in [0.15, 0.2) is 0 Å². The highest BCUT2D eigenvalue weighted by atomic mass is 14.2. The molecule has 0 aliphatic heterocycles. The van der Waals surface area contributed by atoms with E-state index < -0.39 is 0 Å². The molecule has 0 saturated carbocycles. The molecular weight excluding hydrogens is 601 g/mol. The van der Waals surface area contributed by atoms with Gasteiger partial charge in [0.1, 0.15) is 0 Å². The molecule has 1 aliphatic carbocycles. The Morgan fingerprint density at radius 3 is 1.28 bits per heavy atom. The lowest BCUT2D eigenvalue weighted by Gasteiger charge is -2.18. The van der Waals surface area contributed by atoms with E-state index in [0.717, 1.165) is 0 Å². The highest BCUT2D eigenvalue weighted by Crippen LogP contribution is 2.49. The molecular formula is C50H30. The van der Waals surface area contributed by atoms with E-state index in [0.29, 0.717) is 0 Å². The maximum absolute atomic E-state index is 2.39. The van der Waals surface area contributed by atoms with Crippen molar-refractivity contribution in [1.82, 2.24) is 0 Å². The average molecular weight is 631 g/mol. The van der Waals surface area contributed by atoms with E-state index in [-0.39, 0.29) is 0 Å². The molecule has 50 heavy (non-hydrogen) atoms. The highest BCUT2D eigenvalue weighted by Gasteiger charge is 2.22. The van der Waals surface area contributed by atoms with Crippen molar-refractivity contribution in [3.05, 3.63) is 182 Å². The monoisotopic (exact) mass is 630 g/mol. The Balaban J connectivity index is 1.07. The van der Waals surface area contributed by atoms with Crippen LogP contribution in [0.5, 0.6) is 0 Å². The van der Waals surface area contributed by atoms with E-state index in [9.17, 15) is 0 Å². The summed E-state index contributed by atoms with van der Waals surface area (Å²) in [6.07, 6.45) is 0. The maximum atomic E-state index is 2.39. The maximum Gasteiger partial charge on any atom is -0.00259 e. The van der Waals surface area contributed by atoms with Crippen molar-refractivity contribution in [3.63, 3.8) is 0 Å². The average Bonchev–Trinajstić information content (AvgIpc) is 3.51. The standard InChI is InChI=1S/C50H30/c1-2-11-32-27-37(24-20-31(32)10-1)48-43-15-5-7-17-45(43)49(46-18-8-6-16-44(46)48)38-25-23-33-26-35(22-21-34(33)28-38)39-29-36-12-9-19-42-40-13-3-4-14-41(40)47(30-39)50(36)42/h1-30H. The first kappa shape index (κ1) is 27.5. The minimum atomic E-state index is 1.24. The van der Waals surface area contributed by atoms with Crippen LogP contribution in [-0.4, -0.2) is 0 Å². The number of fused-ring (bicyclic) bond motifs is 7.